The summed E-state index contributed by atoms with van der Waals surface area (Å²) in [5.41, 5.74) is 1.06. The van der Waals surface area contributed by atoms with Gasteiger partial charge in [0, 0.05) is 31.1 Å². The summed E-state index contributed by atoms with van der Waals surface area (Å²) in [6.07, 6.45) is 1.80. The van der Waals surface area contributed by atoms with Gasteiger partial charge in [-0.05, 0) is 24.6 Å². The molecular formula is C14H18ClN5. The number of benzene rings is 1. The molecule has 20 heavy (non-hydrogen) atoms. The first-order chi connectivity index (χ1) is 9.83. The van der Waals surface area contributed by atoms with Crippen molar-refractivity contribution in [1.82, 2.24) is 20.5 Å². The molecule has 106 valence electrons. The standard InChI is InChI=1S/C14H18ClN5/c15-12-5-2-1-4-11(12)10-13-17-14(19-18-13)20-8-3-6-16-7-9-20/h1-2,4-5,16H,3,6-10H2,(H,17,18,19). The van der Waals surface area contributed by atoms with E-state index in [2.05, 4.69) is 25.4 Å². The number of hydrogen-bond donors (Lipinski definition) is 2. The number of H-pyrrole nitrogens is 1. The minimum Gasteiger partial charge on any atom is -0.338 e. The molecular weight excluding hydrogens is 274 g/mol. The van der Waals surface area contributed by atoms with E-state index in [-0.39, 0.29) is 0 Å². The summed E-state index contributed by atoms with van der Waals surface area (Å²) in [6.45, 7) is 3.99. The Morgan fingerprint density at radius 2 is 2.10 bits per heavy atom. The molecule has 0 saturated carbocycles. The first kappa shape index (κ1) is 13.4. The van der Waals surface area contributed by atoms with Crippen LogP contribution in [0.15, 0.2) is 24.3 Å². The highest BCUT2D eigenvalue weighted by Gasteiger charge is 2.14. The number of aromatic amines is 1. The van der Waals surface area contributed by atoms with Gasteiger partial charge in [0.2, 0.25) is 5.95 Å². The number of nitrogens with zero attached hydrogens (tertiary/aromatic N) is 3. The van der Waals surface area contributed by atoms with Gasteiger partial charge in [0.15, 0.2) is 0 Å². The molecule has 0 spiro atoms. The molecule has 1 aromatic heterocycles. The maximum atomic E-state index is 6.17. The van der Waals surface area contributed by atoms with Crippen LogP contribution in [-0.2, 0) is 6.42 Å². The number of anilines is 1. The van der Waals surface area contributed by atoms with Crippen molar-refractivity contribution in [2.24, 2.45) is 0 Å². The van der Waals surface area contributed by atoms with Crippen molar-refractivity contribution in [3.63, 3.8) is 0 Å². The van der Waals surface area contributed by atoms with Gasteiger partial charge in [-0.15, -0.1) is 5.10 Å². The van der Waals surface area contributed by atoms with Crippen molar-refractivity contribution in [3.8, 4) is 0 Å². The summed E-state index contributed by atoms with van der Waals surface area (Å²) in [5, 5.41) is 11.5. The van der Waals surface area contributed by atoms with Gasteiger partial charge in [-0.1, -0.05) is 29.8 Å². The van der Waals surface area contributed by atoms with E-state index in [4.69, 9.17) is 11.6 Å². The maximum absolute atomic E-state index is 6.17. The molecule has 0 aliphatic carbocycles. The fraction of sp³-hybridized carbons (Fsp3) is 0.429. The van der Waals surface area contributed by atoms with E-state index in [1.165, 1.54) is 0 Å². The number of rotatable bonds is 3. The molecule has 2 N–H and O–H groups in total. The van der Waals surface area contributed by atoms with Gasteiger partial charge in [-0.2, -0.15) is 4.98 Å². The zero-order valence-corrected chi connectivity index (χ0v) is 12.0. The molecule has 3 rings (SSSR count). The molecule has 0 bridgehead atoms. The molecule has 0 atom stereocenters. The lowest BCUT2D eigenvalue weighted by molar-refractivity contribution is 0.724. The predicted octanol–water partition coefficient (Wildman–Crippen LogP) is 1.85. The summed E-state index contributed by atoms with van der Waals surface area (Å²) in [4.78, 5) is 6.80. The highest BCUT2D eigenvalue weighted by Crippen LogP contribution is 2.18. The van der Waals surface area contributed by atoms with E-state index in [0.717, 1.165) is 55.0 Å². The third kappa shape index (κ3) is 3.11. The van der Waals surface area contributed by atoms with Crippen LogP contribution in [0.3, 0.4) is 0 Å². The van der Waals surface area contributed by atoms with Crippen molar-refractivity contribution < 1.29 is 0 Å². The maximum Gasteiger partial charge on any atom is 0.244 e. The van der Waals surface area contributed by atoms with E-state index in [1.54, 1.807) is 0 Å². The summed E-state index contributed by atoms with van der Waals surface area (Å²) in [5.74, 6) is 1.64. The lowest BCUT2D eigenvalue weighted by Gasteiger charge is -2.16. The molecule has 1 aliphatic rings. The Hall–Kier alpha value is -1.59. The summed E-state index contributed by atoms with van der Waals surface area (Å²) in [7, 11) is 0. The highest BCUT2D eigenvalue weighted by atomic mass is 35.5. The van der Waals surface area contributed by atoms with Crippen LogP contribution in [-0.4, -0.2) is 41.4 Å². The van der Waals surface area contributed by atoms with Crippen LogP contribution in [0.25, 0.3) is 0 Å². The van der Waals surface area contributed by atoms with Crippen LogP contribution in [0.5, 0.6) is 0 Å². The average molecular weight is 292 g/mol. The molecule has 1 aliphatic heterocycles. The van der Waals surface area contributed by atoms with Crippen molar-refractivity contribution in [2.75, 3.05) is 31.1 Å². The minimum absolute atomic E-state index is 0.679. The topological polar surface area (TPSA) is 56.8 Å². The molecule has 5 nitrogen and oxygen atoms in total. The fourth-order valence-corrected chi connectivity index (χ4v) is 2.58. The second-order valence-corrected chi connectivity index (χ2v) is 5.35. The van der Waals surface area contributed by atoms with E-state index < -0.39 is 0 Å². The van der Waals surface area contributed by atoms with E-state index in [1.807, 2.05) is 24.3 Å². The zero-order chi connectivity index (χ0) is 13.8. The van der Waals surface area contributed by atoms with Crippen LogP contribution in [0.2, 0.25) is 5.02 Å². The quantitative estimate of drug-likeness (QED) is 0.906. The largest absolute Gasteiger partial charge is 0.338 e. The van der Waals surface area contributed by atoms with Gasteiger partial charge in [-0.25, -0.2) is 0 Å². The monoisotopic (exact) mass is 291 g/mol. The molecule has 0 radical (unpaired) electrons. The van der Waals surface area contributed by atoms with Crippen molar-refractivity contribution in [3.05, 3.63) is 40.7 Å². The predicted molar refractivity (Wildman–Crippen MR) is 80.3 cm³/mol. The average Bonchev–Trinajstić information content (AvgIpc) is 2.74. The number of hydrogen-bond acceptors (Lipinski definition) is 4. The van der Waals surface area contributed by atoms with E-state index in [9.17, 15) is 0 Å². The molecule has 2 aromatic rings. The van der Waals surface area contributed by atoms with Crippen LogP contribution < -0.4 is 10.2 Å². The molecule has 1 aromatic carbocycles. The van der Waals surface area contributed by atoms with Crippen molar-refractivity contribution in [2.45, 2.75) is 12.8 Å². The Labute approximate surface area is 123 Å². The van der Waals surface area contributed by atoms with Gasteiger partial charge in [-0.3, -0.25) is 5.10 Å². The third-order valence-electron chi connectivity index (χ3n) is 3.46. The van der Waals surface area contributed by atoms with E-state index in [0.29, 0.717) is 6.42 Å². The zero-order valence-electron chi connectivity index (χ0n) is 11.3. The summed E-state index contributed by atoms with van der Waals surface area (Å²) < 4.78 is 0. The minimum atomic E-state index is 0.679. The van der Waals surface area contributed by atoms with E-state index >= 15 is 0 Å². The Kier molecular flexibility index (Phi) is 4.18. The number of nitrogens with one attached hydrogen (secondary N) is 2. The Balaban J connectivity index is 1.71. The molecule has 2 heterocycles. The van der Waals surface area contributed by atoms with Gasteiger partial charge >= 0.3 is 0 Å². The first-order valence-corrected chi connectivity index (χ1v) is 7.31. The van der Waals surface area contributed by atoms with Crippen molar-refractivity contribution >= 4 is 17.5 Å². The van der Waals surface area contributed by atoms with Crippen LogP contribution in [0, 0.1) is 0 Å². The lowest BCUT2D eigenvalue weighted by atomic mass is 10.1. The van der Waals surface area contributed by atoms with Crippen LogP contribution >= 0.6 is 11.6 Å². The molecule has 1 saturated heterocycles. The molecule has 0 unspecified atom stereocenters. The Bertz CT molecular complexity index is 560. The lowest BCUT2D eigenvalue weighted by Crippen LogP contribution is -2.28. The Morgan fingerprint density at radius 1 is 1.20 bits per heavy atom. The second kappa shape index (κ2) is 6.24. The molecule has 1 fully saturated rings. The third-order valence-corrected chi connectivity index (χ3v) is 3.83. The summed E-state index contributed by atoms with van der Waals surface area (Å²) in [6, 6.07) is 7.83. The van der Waals surface area contributed by atoms with Gasteiger partial charge < -0.3 is 10.2 Å². The second-order valence-electron chi connectivity index (χ2n) is 4.94. The molecule has 0 amide bonds. The first-order valence-electron chi connectivity index (χ1n) is 6.93. The van der Waals surface area contributed by atoms with Gasteiger partial charge in [0.05, 0.1) is 0 Å². The van der Waals surface area contributed by atoms with Gasteiger partial charge in [0.25, 0.3) is 0 Å². The van der Waals surface area contributed by atoms with Gasteiger partial charge in [0.1, 0.15) is 5.82 Å². The number of halogens is 1. The van der Waals surface area contributed by atoms with Crippen LogP contribution in [0.4, 0.5) is 5.95 Å². The molecule has 6 heteroatoms. The Morgan fingerprint density at radius 3 is 3.00 bits per heavy atom. The van der Waals surface area contributed by atoms with Crippen molar-refractivity contribution in [1.29, 1.82) is 0 Å². The summed E-state index contributed by atoms with van der Waals surface area (Å²) >= 11 is 6.17. The number of aromatic nitrogens is 3. The fourth-order valence-electron chi connectivity index (χ4n) is 2.37. The highest BCUT2D eigenvalue weighted by molar-refractivity contribution is 6.31. The van der Waals surface area contributed by atoms with Crippen LogP contribution in [0.1, 0.15) is 17.8 Å². The SMILES string of the molecule is Clc1ccccc1Cc1nc(N2CCCNCC2)n[nH]1. The smallest absolute Gasteiger partial charge is 0.244 e. The normalized spacial score (nSPS) is 16.1.